The normalized spacial score (nSPS) is 17.2. The lowest BCUT2D eigenvalue weighted by Crippen LogP contribution is -2.49. The predicted octanol–water partition coefficient (Wildman–Crippen LogP) is 2.69. The summed E-state index contributed by atoms with van der Waals surface area (Å²) in [5.41, 5.74) is 1.90. The van der Waals surface area contributed by atoms with Gasteiger partial charge in [-0.05, 0) is 31.6 Å². The van der Waals surface area contributed by atoms with Crippen LogP contribution in [0.4, 0.5) is 4.79 Å². The van der Waals surface area contributed by atoms with Gasteiger partial charge in [-0.2, -0.15) is 0 Å². The molecular formula is C23H29N3O3. The van der Waals surface area contributed by atoms with Crippen molar-refractivity contribution in [3.63, 3.8) is 0 Å². The smallest absolute Gasteiger partial charge is 0.408 e. The third-order valence-corrected chi connectivity index (χ3v) is 5.29. The summed E-state index contributed by atoms with van der Waals surface area (Å²) in [6.45, 7) is 1.55. The SMILES string of the molecule is CN(C)C1CCN(C(=O)[C@H](Cc2ccccc2)NC(=O)OCc2ccccc2)C1. The molecule has 6 heteroatoms. The molecule has 2 amide bonds. The second-order valence-electron chi connectivity index (χ2n) is 7.64. The molecule has 2 aromatic carbocycles. The van der Waals surface area contributed by atoms with Crippen LogP contribution in [0.2, 0.25) is 0 Å². The maximum Gasteiger partial charge on any atom is 0.408 e. The average molecular weight is 396 g/mol. The molecule has 3 rings (SSSR count). The standard InChI is InChI=1S/C23H29N3O3/c1-25(2)20-13-14-26(16-20)22(27)21(15-18-9-5-3-6-10-18)24-23(28)29-17-19-11-7-4-8-12-19/h3-12,20-21H,13-17H2,1-2H3,(H,24,28)/t20?,21-/m0/s1. The molecule has 2 atom stereocenters. The van der Waals surface area contributed by atoms with E-state index in [2.05, 4.69) is 10.2 Å². The van der Waals surface area contributed by atoms with Gasteiger partial charge in [0.25, 0.3) is 0 Å². The van der Waals surface area contributed by atoms with E-state index >= 15 is 0 Å². The molecule has 6 nitrogen and oxygen atoms in total. The number of hydrogen-bond donors (Lipinski definition) is 1. The van der Waals surface area contributed by atoms with Gasteiger partial charge in [-0.15, -0.1) is 0 Å². The first-order valence-corrected chi connectivity index (χ1v) is 9.99. The van der Waals surface area contributed by atoms with Crippen LogP contribution >= 0.6 is 0 Å². The summed E-state index contributed by atoms with van der Waals surface area (Å²) in [7, 11) is 4.05. The van der Waals surface area contributed by atoms with Crippen LogP contribution in [0.25, 0.3) is 0 Å². The zero-order valence-corrected chi connectivity index (χ0v) is 17.1. The van der Waals surface area contributed by atoms with Gasteiger partial charge < -0.3 is 19.9 Å². The molecule has 0 radical (unpaired) electrons. The van der Waals surface area contributed by atoms with E-state index in [-0.39, 0.29) is 12.5 Å². The highest BCUT2D eigenvalue weighted by molar-refractivity contribution is 5.86. The first kappa shape index (κ1) is 20.9. The molecular weight excluding hydrogens is 366 g/mol. The van der Waals surface area contributed by atoms with Gasteiger partial charge in [0.15, 0.2) is 0 Å². The van der Waals surface area contributed by atoms with Gasteiger partial charge in [0, 0.05) is 25.6 Å². The van der Waals surface area contributed by atoms with Crippen LogP contribution in [0.15, 0.2) is 60.7 Å². The van der Waals surface area contributed by atoms with Crippen LogP contribution in [0.1, 0.15) is 17.5 Å². The van der Waals surface area contributed by atoms with E-state index < -0.39 is 12.1 Å². The first-order valence-electron chi connectivity index (χ1n) is 9.99. The largest absolute Gasteiger partial charge is 0.445 e. The topological polar surface area (TPSA) is 61.9 Å². The highest BCUT2D eigenvalue weighted by Crippen LogP contribution is 2.16. The number of nitrogens with zero attached hydrogens (tertiary/aromatic N) is 2. The van der Waals surface area contributed by atoms with Crippen molar-refractivity contribution in [2.75, 3.05) is 27.2 Å². The van der Waals surface area contributed by atoms with Crippen molar-refractivity contribution in [2.45, 2.75) is 31.5 Å². The summed E-state index contributed by atoms with van der Waals surface area (Å²) in [5, 5.41) is 2.79. The number of likely N-dealkylation sites (tertiary alicyclic amines) is 1. The molecule has 1 aliphatic heterocycles. The fourth-order valence-corrected chi connectivity index (χ4v) is 3.54. The molecule has 0 spiro atoms. The van der Waals surface area contributed by atoms with Gasteiger partial charge in [0.1, 0.15) is 12.6 Å². The predicted molar refractivity (Wildman–Crippen MR) is 112 cm³/mol. The third kappa shape index (κ3) is 6.06. The van der Waals surface area contributed by atoms with Gasteiger partial charge in [0.2, 0.25) is 5.91 Å². The molecule has 1 heterocycles. The van der Waals surface area contributed by atoms with Crippen LogP contribution in [0.5, 0.6) is 0 Å². The maximum atomic E-state index is 13.2. The first-order chi connectivity index (χ1) is 14.0. The Morgan fingerprint density at radius 1 is 1.07 bits per heavy atom. The molecule has 2 aromatic rings. The zero-order valence-electron chi connectivity index (χ0n) is 17.1. The Bertz CT molecular complexity index is 796. The third-order valence-electron chi connectivity index (χ3n) is 5.29. The molecule has 0 bridgehead atoms. The zero-order chi connectivity index (χ0) is 20.6. The molecule has 1 saturated heterocycles. The average Bonchev–Trinajstić information content (AvgIpc) is 3.23. The van der Waals surface area contributed by atoms with Crippen molar-refractivity contribution < 1.29 is 14.3 Å². The summed E-state index contributed by atoms with van der Waals surface area (Å²) in [6, 6.07) is 18.9. The summed E-state index contributed by atoms with van der Waals surface area (Å²) in [4.78, 5) is 29.5. The van der Waals surface area contributed by atoms with Crippen LogP contribution in [-0.2, 0) is 22.6 Å². The Labute approximate surface area is 172 Å². The molecule has 0 saturated carbocycles. The van der Waals surface area contributed by atoms with Crippen molar-refractivity contribution in [3.05, 3.63) is 71.8 Å². The van der Waals surface area contributed by atoms with Crippen molar-refractivity contribution >= 4 is 12.0 Å². The van der Waals surface area contributed by atoms with Crippen molar-refractivity contribution in [1.29, 1.82) is 0 Å². The molecule has 1 aliphatic rings. The van der Waals surface area contributed by atoms with Crippen molar-refractivity contribution in [2.24, 2.45) is 0 Å². The number of alkyl carbamates (subject to hydrolysis) is 1. The highest BCUT2D eigenvalue weighted by atomic mass is 16.5. The van der Waals surface area contributed by atoms with Crippen LogP contribution in [0, 0.1) is 0 Å². The van der Waals surface area contributed by atoms with Gasteiger partial charge in [-0.1, -0.05) is 60.7 Å². The highest BCUT2D eigenvalue weighted by Gasteiger charge is 2.32. The Morgan fingerprint density at radius 2 is 1.69 bits per heavy atom. The molecule has 1 unspecified atom stereocenters. The van der Waals surface area contributed by atoms with E-state index in [4.69, 9.17) is 4.74 Å². The minimum atomic E-state index is -0.651. The fraction of sp³-hybridized carbons (Fsp3) is 0.391. The van der Waals surface area contributed by atoms with Crippen LogP contribution in [-0.4, -0.2) is 61.1 Å². The molecule has 154 valence electrons. The summed E-state index contributed by atoms with van der Waals surface area (Å²) in [6.07, 6.45) is 0.796. The molecule has 1 N–H and O–H groups in total. The monoisotopic (exact) mass is 395 g/mol. The van der Waals surface area contributed by atoms with E-state index in [1.807, 2.05) is 79.7 Å². The van der Waals surface area contributed by atoms with Crippen LogP contribution < -0.4 is 5.32 Å². The van der Waals surface area contributed by atoms with Gasteiger partial charge >= 0.3 is 6.09 Å². The minimum absolute atomic E-state index is 0.0603. The van der Waals surface area contributed by atoms with E-state index in [9.17, 15) is 9.59 Å². The lowest BCUT2D eigenvalue weighted by atomic mass is 10.1. The van der Waals surface area contributed by atoms with Gasteiger partial charge in [-0.3, -0.25) is 4.79 Å². The number of nitrogens with one attached hydrogen (secondary N) is 1. The van der Waals surface area contributed by atoms with E-state index in [1.54, 1.807) is 0 Å². The Hall–Kier alpha value is -2.86. The Kier molecular flexibility index (Phi) is 7.25. The molecule has 0 aliphatic carbocycles. The molecule has 29 heavy (non-hydrogen) atoms. The number of hydrogen-bond acceptors (Lipinski definition) is 4. The molecule has 1 fully saturated rings. The fourth-order valence-electron chi connectivity index (χ4n) is 3.54. The van der Waals surface area contributed by atoms with E-state index in [0.717, 1.165) is 17.5 Å². The summed E-state index contributed by atoms with van der Waals surface area (Å²) >= 11 is 0. The number of likely N-dealkylation sites (N-methyl/N-ethyl adjacent to an activating group) is 1. The lowest BCUT2D eigenvalue weighted by Gasteiger charge is -2.25. The van der Waals surface area contributed by atoms with Crippen LogP contribution in [0.3, 0.4) is 0 Å². The van der Waals surface area contributed by atoms with Gasteiger partial charge in [0.05, 0.1) is 0 Å². The minimum Gasteiger partial charge on any atom is -0.445 e. The Balaban J connectivity index is 1.64. The van der Waals surface area contributed by atoms with Gasteiger partial charge in [-0.25, -0.2) is 4.79 Å². The number of benzene rings is 2. The maximum absolute atomic E-state index is 13.2. The number of carbonyl (C=O) groups excluding carboxylic acids is 2. The number of amides is 2. The summed E-state index contributed by atoms with van der Waals surface area (Å²) < 4.78 is 5.34. The number of rotatable bonds is 7. The van der Waals surface area contributed by atoms with E-state index in [1.165, 1.54) is 0 Å². The second kappa shape index (κ2) is 10.1. The van der Waals surface area contributed by atoms with Crippen molar-refractivity contribution in [1.82, 2.24) is 15.1 Å². The number of carbonyl (C=O) groups is 2. The van der Waals surface area contributed by atoms with Crippen molar-refractivity contribution in [3.8, 4) is 0 Å². The lowest BCUT2D eigenvalue weighted by molar-refractivity contribution is -0.132. The molecule has 0 aromatic heterocycles. The Morgan fingerprint density at radius 3 is 2.28 bits per heavy atom. The summed E-state index contributed by atoms with van der Waals surface area (Å²) in [5.74, 6) is -0.0603. The quantitative estimate of drug-likeness (QED) is 0.783. The number of ether oxygens (including phenoxy) is 1. The van der Waals surface area contributed by atoms with E-state index in [0.29, 0.717) is 25.6 Å². The second-order valence-corrected chi connectivity index (χ2v) is 7.64.